The molecule has 1 aromatic heterocycles. The molecule has 1 unspecified atom stereocenters. The van der Waals surface area contributed by atoms with Gasteiger partial charge < -0.3 is 10.0 Å². The van der Waals surface area contributed by atoms with Crippen molar-refractivity contribution in [2.24, 2.45) is 0 Å². The van der Waals surface area contributed by atoms with Crippen LogP contribution in [0.1, 0.15) is 18.6 Å². The lowest BCUT2D eigenvalue weighted by Gasteiger charge is -2.17. The summed E-state index contributed by atoms with van der Waals surface area (Å²) in [5, 5.41) is 9.39. The highest BCUT2D eigenvalue weighted by molar-refractivity contribution is 5.41. The average molecular weight is 192 g/mol. The van der Waals surface area contributed by atoms with Crippen molar-refractivity contribution in [3.05, 3.63) is 36.5 Å². The van der Waals surface area contributed by atoms with E-state index in [1.807, 2.05) is 30.2 Å². The van der Waals surface area contributed by atoms with Crippen molar-refractivity contribution in [3.63, 3.8) is 0 Å². The fourth-order valence-electron chi connectivity index (χ4n) is 1.19. The third-order valence-corrected chi connectivity index (χ3v) is 2.05. The number of nitrogens with zero attached hydrogens (tertiary/aromatic N) is 2. The average Bonchev–Trinajstić information content (AvgIpc) is 2.18. The molecule has 0 aliphatic heterocycles. The Bertz CT molecular complexity index is 310. The molecule has 0 amide bonds. The Balaban J connectivity index is 2.87. The third-order valence-electron chi connectivity index (χ3n) is 2.05. The predicted octanol–water partition coefficient (Wildman–Crippen LogP) is 1.76. The molecule has 1 aromatic rings. The first-order valence-electron chi connectivity index (χ1n) is 4.61. The Hall–Kier alpha value is -1.35. The highest BCUT2D eigenvalue weighted by Gasteiger charge is 2.04. The van der Waals surface area contributed by atoms with Gasteiger partial charge in [0.1, 0.15) is 5.82 Å². The molecule has 1 atom stereocenters. The molecule has 0 bridgehead atoms. The second kappa shape index (κ2) is 4.77. The minimum Gasteiger partial charge on any atom is -0.389 e. The molecule has 14 heavy (non-hydrogen) atoms. The molecular weight excluding hydrogens is 176 g/mol. The molecule has 0 aromatic carbocycles. The molecule has 0 spiro atoms. The van der Waals surface area contributed by atoms with Gasteiger partial charge >= 0.3 is 0 Å². The number of anilines is 1. The van der Waals surface area contributed by atoms with E-state index in [1.165, 1.54) is 0 Å². The summed E-state index contributed by atoms with van der Waals surface area (Å²) < 4.78 is 0. The first-order valence-corrected chi connectivity index (χ1v) is 4.61. The monoisotopic (exact) mass is 192 g/mol. The van der Waals surface area contributed by atoms with Crippen LogP contribution in [0.2, 0.25) is 0 Å². The van der Waals surface area contributed by atoms with Crippen LogP contribution in [0.25, 0.3) is 0 Å². The zero-order chi connectivity index (χ0) is 10.6. The Kier molecular flexibility index (Phi) is 3.65. The van der Waals surface area contributed by atoms with Gasteiger partial charge in [-0.25, -0.2) is 4.98 Å². The lowest BCUT2D eigenvalue weighted by molar-refractivity contribution is 0.199. The summed E-state index contributed by atoms with van der Waals surface area (Å²) in [6.07, 6.45) is 3.07. The van der Waals surface area contributed by atoms with E-state index in [-0.39, 0.29) is 0 Å². The van der Waals surface area contributed by atoms with E-state index in [0.717, 1.165) is 17.9 Å². The zero-order valence-corrected chi connectivity index (χ0v) is 8.64. The van der Waals surface area contributed by atoms with Crippen LogP contribution in [0.4, 0.5) is 5.82 Å². The molecule has 1 heterocycles. The van der Waals surface area contributed by atoms with Gasteiger partial charge in [-0.05, 0) is 24.6 Å². The number of aromatic nitrogens is 1. The molecule has 0 aliphatic carbocycles. The van der Waals surface area contributed by atoms with E-state index in [2.05, 4.69) is 11.6 Å². The maximum atomic E-state index is 9.39. The number of pyridine rings is 1. The summed E-state index contributed by atoms with van der Waals surface area (Å²) in [6.45, 7) is 6.15. The van der Waals surface area contributed by atoms with Gasteiger partial charge in [0.2, 0.25) is 0 Å². The van der Waals surface area contributed by atoms with Gasteiger partial charge in [-0.1, -0.05) is 6.08 Å². The van der Waals surface area contributed by atoms with Gasteiger partial charge in [0.25, 0.3) is 0 Å². The van der Waals surface area contributed by atoms with Crippen LogP contribution in [0.3, 0.4) is 0 Å². The van der Waals surface area contributed by atoms with E-state index >= 15 is 0 Å². The minimum absolute atomic E-state index is 0.450. The normalized spacial score (nSPS) is 12.2. The molecule has 1 rings (SSSR count). The van der Waals surface area contributed by atoms with Crippen LogP contribution >= 0.6 is 0 Å². The highest BCUT2D eigenvalue weighted by Crippen LogP contribution is 2.16. The SMILES string of the molecule is C=CCN(C)c1cc(C(C)O)ccn1. The van der Waals surface area contributed by atoms with Gasteiger partial charge in [0.15, 0.2) is 0 Å². The van der Waals surface area contributed by atoms with Crippen LogP contribution in [0.15, 0.2) is 31.0 Å². The first kappa shape index (κ1) is 10.7. The number of aliphatic hydroxyl groups excluding tert-OH is 1. The van der Waals surface area contributed by atoms with E-state index < -0.39 is 6.10 Å². The van der Waals surface area contributed by atoms with Crippen LogP contribution in [-0.2, 0) is 0 Å². The summed E-state index contributed by atoms with van der Waals surface area (Å²) in [5.74, 6) is 0.850. The van der Waals surface area contributed by atoms with Gasteiger partial charge in [-0.15, -0.1) is 6.58 Å². The van der Waals surface area contributed by atoms with Crippen molar-refractivity contribution in [2.75, 3.05) is 18.5 Å². The number of rotatable bonds is 4. The molecule has 1 N–H and O–H groups in total. The fourth-order valence-corrected chi connectivity index (χ4v) is 1.19. The Morgan fingerprint density at radius 2 is 2.43 bits per heavy atom. The van der Waals surface area contributed by atoms with Crippen molar-refractivity contribution < 1.29 is 5.11 Å². The van der Waals surface area contributed by atoms with E-state index in [1.54, 1.807) is 13.1 Å². The van der Waals surface area contributed by atoms with E-state index in [9.17, 15) is 5.11 Å². The summed E-state index contributed by atoms with van der Waals surface area (Å²) in [7, 11) is 1.94. The lowest BCUT2D eigenvalue weighted by Crippen LogP contribution is -2.18. The molecule has 0 fully saturated rings. The van der Waals surface area contributed by atoms with Gasteiger partial charge in [-0.3, -0.25) is 0 Å². The molecule has 3 nitrogen and oxygen atoms in total. The van der Waals surface area contributed by atoms with Crippen LogP contribution in [-0.4, -0.2) is 23.7 Å². The van der Waals surface area contributed by atoms with Crippen LogP contribution in [0.5, 0.6) is 0 Å². The third kappa shape index (κ3) is 2.57. The fraction of sp³-hybridized carbons (Fsp3) is 0.364. The van der Waals surface area contributed by atoms with Crippen LogP contribution < -0.4 is 4.90 Å². The summed E-state index contributed by atoms with van der Waals surface area (Å²) in [6, 6.07) is 3.70. The van der Waals surface area contributed by atoms with Crippen molar-refractivity contribution >= 4 is 5.82 Å². The summed E-state index contributed by atoms with van der Waals surface area (Å²) >= 11 is 0. The van der Waals surface area contributed by atoms with Crippen molar-refractivity contribution in [1.29, 1.82) is 0 Å². The minimum atomic E-state index is -0.450. The maximum Gasteiger partial charge on any atom is 0.128 e. The first-order chi connectivity index (χ1) is 6.65. The van der Waals surface area contributed by atoms with Gasteiger partial charge in [0.05, 0.1) is 6.10 Å². The Morgan fingerprint density at radius 3 is 3.00 bits per heavy atom. The second-order valence-electron chi connectivity index (χ2n) is 3.29. The van der Waals surface area contributed by atoms with Crippen molar-refractivity contribution in [1.82, 2.24) is 4.98 Å². The lowest BCUT2D eigenvalue weighted by atomic mass is 10.2. The molecule has 0 radical (unpaired) electrons. The molecular formula is C11H16N2O. The zero-order valence-electron chi connectivity index (χ0n) is 8.64. The van der Waals surface area contributed by atoms with Crippen molar-refractivity contribution in [3.8, 4) is 0 Å². The van der Waals surface area contributed by atoms with Gasteiger partial charge in [0, 0.05) is 19.8 Å². The number of hydrogen-bond donors (Lipinski definition) is 1. The standard InChI is InChI=1S/C11H16N2O/c1-4-7-13(3)11-8-10(9(2)14)5-6-12-11/h4-6,8-9,14H,1,7H2,2-3H3. The van der Waals surface area contributed by atoms with Gasteiger partial charge in [-0.2, -0.15) is 0 Å². The predicted molar refractivity (Wildman–Crippen MR) is 58.3 cm³/mol. The maximum absolute atomic E-state index is 9.39. The van der Waals surface area contributed by atoms with E-state index in [0.29, 0.717) is 0 Å². The highest BCUT2D eigenvalue weighted by atomic mass is 16.3. The largest absolute Gasteiger partial charge is 0.389 e. The molecule has 0 aliphatic rings. The Morgan fingerprint density at radius 1 is 1.71 bits per heavy atom. The topological polar surface area (TPSA) is 36.4 Å². The smallest absolute Gasteiger partial charge is 0.128 e. The number of likely N-dealkylation sites (N-methyl/N-ethyl adjacent to an activating group) is 1. The Labute approximate surface area is 84.7 Å². The molecule has 0 saturated heterocycles. The molecule has 76 valence electrons. The number of aliphatic hydroxyl groups is 1. The summed E-state index contributed by atoms with van der Waals surface area (Å²) in [5.41, 5.74) is 0.880. The van der Waals surface area contributed by atoms with Crippen molar-refractivity contribution in [2.45, 2.75) is 13.0 Å². The summed E-state index contributed by atoms with van der Waals surface area (Å²) in [4.78, 5) is 6.18. The van der Waals surface area contributed by atoms with Crippen LogP contribution in [0, 0.1) is 0 Å². The molecule has 0 saturated carbocycles. The number of hydrogen-bond acceptors (Lipinski definition) is 3. The second-order valence-corrected chi connectivity index (χ2v) is 3.29. The quantitative estimate of drug-likeness (QED) is 0.738. The molecule has 3 heteroatoms. The van der Waals surface area contributed by atoms with E-state index in [4.69, 9.17) is 0 Å².